The fourth-order valence-corrected chi connectivity index (χ4v) is 1.45. The van der Waals surface area contributed by atoms with Crippen molar-refractivity contribution in [3.05, 3.63) is 29.8 Å². The molecule has 0 fully saturated rings. The van der Waals surface area contributed by atoms with Crippen LogP contribution in [0.4, 0.5) is 4.79 Å². The average molecular weight is 265 g/mol. The molecule has 0 radical (unpaired) electrons. The Morgan fingerprint density at radius 1 is 1.16 bits per heavy atom. The molecule has 0 atom stereocenters. The van der Waals surface area contributed by atoms with Gasteiger partial charge in [0, 0.05) is 25.1 Å². The summed E-state index contributed by atoms with van der Waals surface area (Å²) in [7, 11) is 0. The lowest BCUT2D eigenvalue weighted by molar-refractivity contribution is 0.0896. The summed E-state index contributed by atoms with van der Waals surface area (Å²) in [5, 5.41) is 2.52. The van der Waals surface area contributed by atoms with Crippen molar-refractivity contribution in [2.75, 3.05) is 19.8 Å². The van der Waals surface area contributed by atoms with Crippen LogP contribution in [0.1, 0.15) is 30.6 Å². The molecule has 0 aliphatic rings. The van der Waals surface area contributed by atoms with Crippen LogP contribution < -0.4 is 10.1 Å². The number of carbonyl (C=O) groups is 2. The summed E-state index contributed by atoms with van der Waals surface area (Å²) in [5.41, 5.74) is 0.586. The number of rotatable bonds is 7. The van der Waals surface area contributed by atoms with Crippen molar-refractivity contribution in [1.82, 2.24) is 5.32 Å². The monoisotopic (exact) mass is 265 g/mol. The lowest BCUT2D eigenvalue weighted by atomic mass is 10.1. The van der Waals surface area contributed by atoms with Crippen LogP contribution in [-0.4, -0.2) is 31.6 Å². The largest absolute Gasteiger partial charge is 0.412 e. The minimum atomic E-state index is -0.502. The molecule has 19 heavy (non-hydrogen) atoms. The second kappa shape index (κ2) is 8.26. The first-order valence-corrected chi connectivity index (χ1v) is 6.34. The molecule has 0 heterocycles. The van der Waals surface area contributed by atoms with E-state index >= 15 is 0 Å². The van der Waals surface area contributed by atoms with Gasteiger partial charge in [-0.1, -0.05) is 0 Å². The molecule has 0 aliphatic carbocycles. The van der Waals surface area contributed by atoms with Gasteiger partial charge in [-0.25, -0.2) is 4.79 Å². The van der Waals surface area contributed by atoms with Crippen molar-refractivity contribution in [3.8, 4) is 5.75 Å². The van der Waals surface area contributed by atoms with Gasteiger partial charge in [0.25, 0.3) is 0 Å². The highest BCUT2D eigenvalue weighted by Gasteiger charge is 2.07. The summed E-state index contributed by atoms with van der Waals surface area (Å²) in [6.07, 6.45) is -0.150. The fraction of sp³-hybridized carbons (Fsp3) is 0.429. The van der Waals surface area contributed by atoms with Crippen molar-refractivity contribution in [3.63, 3.8) is 0 Å². The molecular weight excluding hydrogens is 246 g/mol. The summed E-state index contributed by atoms with van der Waals surface area (Å²) in [6, 6.07) is 6.48. The average Bonchev–Trinajstić information content (AvgIpc) is 2.40. The smallest absolute Gasteiger partial charge is 0.410 e. The van der Waals surface area contributed by atoms with Gasteiger partial charge in [0.2, 0.25) is 0 Å². The van der Waals surface area contributed by atoms with Crippen molar-refractivity contribution in [2.24, 2.45) is 0 Å². The predicted molar refractivity (Wildman–Crippen MR) is 71.6 cm³/mol. The molecule has 1 rings (SSSR count). The Bertz CT molecular complexity index is 414. The van der Waals surface area contributed by atoms with Crippen molar-refractivity contribution >= 4 is 11.9 Å². The van der Waals surface area contributed by atoms with Crippen LogP contribution in [0, 0.1) is 0 Å². The molecule has 0 unspecified atom stereocenters. The summed E-state index contributed by atoms with van der Waals surface area (Å²) in [5.74, 6) is 0.422. The van der Waals surface area contributed by atoms with E-state index in [2.05, 4.69) is 5.32 Å². The molecule has 104 valence electrons. The van der Waals surface area contributed by atoms with E-state index in [0.717, 1.165) is 0 Å². The Balaban J connectivity index is 2.51. The van der Waals surface area contributed by atoms with Crippen LogP contribution in [0.15, 0.2) is 24.3 Å². The van der Waals surface area contributed by atoms with Gasteiger partial charge in [0.1, 0.15) is 5.75 Å². The van der Waals surface area contributed by atoms with E-state index in [1.54, 1.807) is 31.2 Å². The number of Topliss-reactive ketones (excluding diaryl/α,β-unsaturated/α-hetero) is 1. The minimum absolute atomic E-state index is 0.0120. The molecule has 1 amide bonds. The van der Waals surface area contributed by atoms with E-state index < -0.39 is 6.09 Å². The second-order valence-electron chi connectivity index (χ2n) is 3.81. The van der Waals surface area contributed by atoms with E-state index in [4.69, 9.17) is 9.47 Å². The van der Waals surface area contributed by atoms with Crippen LogP contribution >= 0.6 is 0 Å². The fourth-order valence-electron chi connectivity index (χ4n) is 1.45. The summed E-state index contributed by atoms with van der Waals surface area (Å²) >= 11 is 0. The SMILES string of the molecule is CCNC(=O)Oc1ccc(C(=O)CCOCC)cc1. The Hall–Kier alpha value is -1.88. The lowest BCUT2D eigenvalue weighted by Crippen LogP contribution is -2.26. The van der Waals surface area contributed by atoms with Gasteiger partial charge < -0.3 is 14.8 Å². The normalized spacial score (nSPS) is 10.0. The molecule has 0 aromatic heterocycles. The third-order valence-electron chi connectivity index (χ3n) is 2.39. The Morgan fingerprint density at radius 3 is 2.42 bits per heavy atom. The van der Waals surface area contributed by atoms with Gasteiger partial charge in [0.15, 0.2) is 5.78 Å². The third kappa shape index (κ3) is 5.52. The number of hydrogen-bond acceptors (Lipinski definition) is 4. The van der Waals surface area contributed by atoms with Crippen LogP contribution in [-0.2, 0) is 4.74 Å². The quantitative estimate of drug-likeness (QED) is 0.607. The van der Waals surface area contributed by atoms with E-state index in [0.29, 0.717) is 37.5 Å². The van der Waals surface area contributed by atoms with Crippen molar-refractivity contribution in [2.45, 2.75) is 20.3 Å². The van der Waals surface area contributed by atoms with Gasteiger partial charge in [0.05, 0.1) is 6.61 Å². The van der Waals surface area contributed by atoms with Gasteiger partial charge in [-0.2, -0.15) is 0 Å². The van der Waals surface area contributed by atoms with E-state index in [1.807, 2.05) is 6.92 Å². The summed E-state index contributed by atoms with van der Waals surface area (Å²) in [6.45, 7) is 5.23. The maximum absolute atomic E-state index is 11.8. The number of amides is 1. The molecule has 1 N–H and O–H groups in total. The molecule has 5 heteroatoms. The molecule has 0 bridgehead atoms. The zero-order chi connectivity index (χ0) is 14.1. The van der Waals surface area contributed by atoms with Crippen LogP contribution in [0.25, 0.3) is 0 Å². The standard InChI is InChI=1S/C14H19NO4/c1-3-15-14(17)19-12-7-5-11(6-8-12)13(16)9-10-18-4-2/h5-8H,3-4,9-10H2,1-2H3,(H,15,17). The van der Waals surface area contributed by atoms with Gasteiger partial charge in [-0.05, 0) is 38.1 Å². The Morgan fingerprint density at radius 2 is 1.84 bits per heavy atom. The number of benzene rings is 1. The van der Waals surface area contributed by atoms with Crippen molar-refractivity contribution in [1.29, 1.82) is 0 Å². The molecule has 1 aromatic rings. The molecule has 0 aliphatic heterocycles. The van der Waals surface area contributed by atoms with E-state index in [9.17, 15) is 9.59 Å². The van der Waals surface area contributed by atoms with Crippen LogP contribution in [0.2, 0.25) is 0 Å². The number of carbonyl (C=O) groups excluding carboxylic acids is 2. The highest BCUT2D eigenvalue weighted by atomic mass is 16.6. The highest BCUT2D eigenvalue weighted by Crippen LogP contribution is 2.13. The zero-order valence-electron chi connectivity index (χ0n) is 11.3. The highest BCUT2D eigenvalue weighted by molar-refractivity contribution is 5.96. The molecular formula is C14H19NO4. The van der Waals surface area contributed by atoms with Crippen LogP contribution in [0.5, 0.6) is 5.75 Å². The lowest BCUT2D eigenvalue weighted by Gasteiger charge is -2.06. The van der Waals surface area contributed by atoms with E-state index in [1.165, 1.54) is 0 Å². The molecule has 0 saturated carbocycles. The third-order valence-corrected chi connectivity index (χ3v) is 2.39. The molecule has 0 spiro atoms. The van der Waals surface area contributed by atoms with Gasteiger partial charge in [-0.3, -0.25) is 4.79 Å². The first kappa shape index (κ1) is 15.2. The maximum atomic E-state index is 11.8. The number of hydrogen-bond donors (Lipinski definition) is 1. The number of nitrogens with one attached hydrogen (secondary N) is 1. The summed E-state index contributed by atoms with van der Waals surface area (Å²) < 4.78 is 10.1. The number of ketones is 1. The zero-order valence-corrected chi connectivity index (χ0v) is 11.3. The molecule has 0 saturated heterocycles. The second-order valence-corrected chi connectivity index (χ2v) is 3.81. The summed E-state index contributed by atoms with van der Waals surface area (Å²) in [4.78, 5) is 22.9. The van der Waals surface area contributed by atoms with Crippen molar-refractivity contribution < 1.29 is 19.1 Å². The molecule has 1 aromatic carbocycles. The predicted octanol–water partition coefficient (Wildman–Crippen LogP) is 2.40. The van der Waals surface area contributed by atoms with Crippen LogP contribution in [0.3, 0.4) is 0 Å². The van der Waals surface area contributed by atoms with Gasteiger partial charge >= 0.3 is 6.09 Å². The first-order chi connectivity index (χ1) is 9.17. The molecule has 5 nitrogen and oxygen atoms in total. The minimum Gasteiger partial charge on any atom is -0.410 e. The Labute approximate surface area is 112 Å². The number of ether oxygens (including phenoxy) is 2. The van der Waals surface area contributed by atoms with Gasteiger partial charge in [-0.15, -0.1) is 0 Å². The van der Waals surface area contributed by atoms with E-state index in [-0.39, 0.29) is 5.78 Å². The maximum Gasteiger partial charge on any atom is 0.412 e. The Kier molecular flexibility index (Phi) is 6.60. The topological polar surface area (TPSA) is 64.6 Å². The first-order valence-electron chi connectivity index (χ1n) is 6.34.